The largest absolute Gasteiger partial charge is 0.351 e. The van der Waals surface area contributed by atoms with E-state index in [9.17, 15) is 0 Å². The van der Waals surface area contributed by atoms with Crippen molar-refractivity contribution in [3.05, 3.63) is 17.6 Å². The topological polar surface area (TPSA) is 91.0 Å². The number of nitrogens with two attached hydrogens (primary N) is 1. The number of aromatic nitrogens is 3. The molecule has 2 N–H and O–H groups in total. The SMILES string of the molecule is Cc1cc(-c2nc(C(C)(C)N)no2)on1. The van der Waals surface area contributed by atoms with Crippen molar-refractivity contribution >= 4 is 0 Å². The maximum absolute atomic E-state index is 5.82. The van der Waals surface area contributed by atoms with Gasteiger partial charge in [-0.2, -0.15) is 4.98 Å². The molecule has 0 saturated carbocycles. The van der Waals surface area contributed by atoms with Crippen LogP contribution in [0.25, 0.3) is 11.7 Å². The standard InChI is InChI=1S/C9H12N4O2/c1-5-4-6(14-12-5)7-11-8(13-15-7)9(2,3)10/h4H,10H2,1-3H3. The minimum absolute atomic E-state index is 0.295. The van der Waals surface area contributed by atoms with E-state index in [4.69, 9.17) is 14.8 Å². The van der Waals surface area contributed by atoms with Gasteiger partial charge in [-0.3, -0.25) is 0 Å². The van der Waals surface area contributed by atoms with E-state index in [1.807, 2.05) is 6.92 Å². The van der Waals surface area contributed by atoms with Gasteiger partial charge >= 0.3 is 0 Å². The zero-order chi connectivity index (χ0) is 11.1. The first-order valence-corrected chi connectivity index (χ1v) is 4.53. The third kappa shape index (κ3) is 1.89. The van der Waals surface area contributed by atoms with Gasteiger partial charge in [-0.25, -0.2) is 0 Å². The maximum atomic E-state index is 5.82. The average Bonchev–Trinajstić information content (AvgIpc) is 2.69. The van der Waals surface area contributed by atoms with Gasteiger partial charge in [0.05, 0.1) is 11.2 Å². The molecular formula is C9H12N4O2. The molecular weight excluding hydrogens is 196 g/mol. The fourth-order valence-electron chi connectivity index (χ4n) is 1.05. The van der Waals surface area contributed by atoms with Gasteiger partial charge in [-0.05, 0) is 20.8 Å². The lowest BCUT2D eigenvalue weighted by Gasteiger charge is -2.11. The molecule has 80 valence electrons. The molecule has 0 amide bonds. The van der Waals surface area contributed by atoms with Crippen LogP contribution in [0.5, 0.6) is 0 Å². The fourth-order valence-corrected chi connectivity index (χ4v) is 1.05. The van der Waals surface area contributed by atoms with E-state index in [-0.39, 0.29) is 0 Å². The molecule has 2 aromatic rings. The van der Waals surface area contributed by atoms with E-state index in [0.717, 1.165) is 5.69 Å². The normalized spacial score (nSPS) is 12.0. The van der Waals surface area contributed by atoms with Crippen LogP contribution < -0.4 is 5.73 Å². The minimum Gasteiger partial charge on any atom is -0.351 e. The summed E-state index contributed by atoms with van der Waals surface area (Å²) in [5.74, 6) is 1.19. The Morgan fingerprint density at radius 2 is 2.00 bits per heavy atom. The Balaban J connectivity index is 2.36. The Morgan fingerprint density at radius 3 is 2.47 bits per heavy atom. The van der Waals surface area contributed by atoms with Gasteiger partial charge in [0.1, 0.15) is 0 Å². The van der Waals surface area contributed by atoms with Crippen LogP contribution in [0.3, 0.4) is 0 Å². The van der Waals surface area contributed by atoms with Crippen molar-refractivity contribution in [3.63, 3.8) is 0 Å². The smallest absolute Gasteiger partial charge is 0.296 e. The van der Waals surface area contributed by atoms with Crippen LogP contribution in [-0.2, 0) is 5.54 Å². The Morgan fingerprint density at radius 1 is 1.27 bits per heavy atom. The molecule has 0 spiro atoms. The molecule has 6 nitrogen and oxygen atoms in total. The molecule has 0 aromatic carbocycles. The monoisotopic (exact) mass is 208 g/mol. The molecule has 0 fully saturated rings. The summed E-state index contributed by atoms with van der Waals surface area (Å²) in [5, 5.41) is 7.50. The number of aryl methyl sites for hydroxylation is 1. The Kier molecular flexibility index (Phi) is 2.08. The van der Waals surface area contributed by atoms with Crippen molar-refractivity contribution in [2.45, 2.75) is 26.3 Å². The van der Waals surface area contributed by atoms with Crippen LogP contribution in [0.4, 0.5) is 0 Å². The molecule has 15 heavy (non-hydrogen) atoms. The van der Waals surface area contributed by atoms with Crippen LogP contribution in [0.15, 0.2) is 15.1 Å². The second kappa shape index (κ2) is 3.16. The molecule has 2 aromatic heterocycles. The molecule has 0 bridgehead atoms. The maximum Gasteiger partial charge on any atom is 0.296 e. The van der Waals surface area contributed by atoms with Crippen molar-refractivity contribution in [2.75, 3.05) is 0 Å². The molecule has 0 saturated heterocycles. The lowest BCUT2D eigenvalue weighted by Crippen LogP contribution is -2.30. The van der Waals surface area contributed by atoms with E-state index in [0.29, 0.717) is 17.5 Å². The Hall–Kier alpha value is -1.69. The molecule has 0 unspecified atom stereocenters. The third-order valence-electron chi connectivity index (χ3n) is 1.84. The highest BCUT2D eigenvalue weighted by molar-refractivity contribution is 5.43. The summed E-state index contributed by atoms with van der Waals surface area (Å²) in [5.41, 5.74) is 5.95. The minimum atomic E-state index is -0.628. The number of hydrogen-bond acceptors (Lipinski definition) is 6. The molecule has 2 heterocycles. The summed E-state index contributed by atoms with van der Waals surface area (Å²) in [6, 6.07) is 1.72. The van der Waals surface area contributed by atoms with Crippen LogP contribution in [0, 0.1) is 6.92 Å². The summed E-state index contributed by atoms with van der Waals surface area (Å²) in [6.07, 6.45) is 0. The fraction of sp³-hybridized carbons (Fsp3) is 0.444. The van der Waals surface area contributed by atoms with Crippen molar-refractivity contribution in [1.29, 1.82) is 0 Å². The van der Waals surface area contributed by atoms with Crippen molar-refractivity contribution in [2.24, 2.45) is 5.73 Å². The van der Waals surface area contributed by atoms with Crippen LogP contribution in [0.1, 0.15) is 25.4 Å². The van der Waals surface area contributed by atoms with Crippen LogP contribution in [-0.4, -0.2) is 15.3 Å². The molecule has 0 aliphatic heterocycles. The lowest BCUT2D eigenvalue weighted by molar-refractivity contribution is 0.371. The van der Waals surface area contributed by atoms with Gasteiger partial charge in [-0.1, -0.05) is 10.3 Å². The highest BCUT2D eigenvalue weighted by atomic mass is 16.5. The quantitative estimate of drug-likeness (QED) is 0.798. The van der Waals surface area contributed by atoms with Crippen LogP contribution >= 0.6 is 0 Å². The second-order valence-corrected chi connectivity index (χ2v) is 3.98. The summed E-state index contributed by atoms with van der Waals surface area (Å²) in [4.78, 5) is 4.13. The molecule has 0 aliphatic carbocycles. The van der Waals surface area contributed by atoms with Gasteiger partial charge in [-0.15, -0.1) is 0 Å². The summed E-state index contributed by atoms with van der Waals surface area (Å²) >= 11 is 0. The van der Waals surface area contributed by atoms with Crippen molar-refractivity contribution in [1.82, 2.24) is 15.3 Å². The Bertz CT molecular complexity index is 466. The van der Waals surface area contributed by atoms with Crippen molar-refractivity contribution < 1.29 is 9.05 Å². The third-order valence-corrected chi connectivity index (χ3v) is 1.84. The predicted octanol–water partition coefficient (Wildman–Crippen LogP) is 1.23. The van der Waals surface area contributed by atoms with Gasteiger partial charge < -0.3 is 14.8 Å². The van der Waals surface area contributed by atoms with Crippen LogP contribution in [0.2, 0.25) is 0 Å². The predicted molar refractivity (Wildman–Crippen MR) is 51.7 cm³/mol. The van der Waals surface area contributed by atoms with E-state index >= 15 is 0 Å². The first kappa shape index (κ1) is 9.85. The van der Waals surface area contributed by atoms with Gasteiger partial charge in [0, 0.05) is 6.07 Å². The lowest BCUT2D eigenvalue weighted by atomic mass is 10.1. The van der Waals surface area contributed by atoms with E-state index in [1.54, 1.807) is 19.9 Å². The summed E-state index contributed by atoms with van der Waals surface area (Å²) in [6.45, 7) is 5.41. The van der Waals surface area contributed by atoms with Gasteiger partial charge in [0.25, 0.3) is 5.89 Å². The molecule has 0 radical (unpaired) electrons. The highest BCUT2D eigenvalue weighted by Gasteiger charge is 2.23. The van der Waals surface area contributed by atoms with Crippen molar-refractivity contribution in [3.8, 4) is 11.7 Å². The molecule has 0 aliphatic rings. The number of rotatable bonds is 2. The summed E-state index contributed by atoms with van der Waals surface area (Å²) in [7, 11) is 0. The summed E-state index contributed by atoms with van der Waals surface area (Å²) < 4.78 is 10.0. The zero-order valence-electron chi connectivity index (χ0n) is 8.81. The number of nitrogens with zero attached hydrogens (tertiary/aromatic N) is 3. The first-order valence-electron chi connectivity index (χ1n) is 4.53. The van der Waals surface area contributed by atoms with E-state index < -0.39 is 5.54 Å². The average molecular weight is 208 g/mol. The first-order chi connectivity index (χ1) is 6.97. The Labute approximate surface area is 86.4 Å². The zero-order valence-corrected chi connectivity index (χ0v) is 8.81. The van der Waals surface area contributed by atoms with E-state index in [1.165, 1.54) is 0 Å². The van der Waals surface area contributed by atoms with Gasteiger partial charge in [0.15, 0.2) is 5.82 Å². The second-order valence-electron chi connectivity index (χ2n) is 3.98. The molecule has 2 rings (SSSR count). The number of hydrogen-bond donors (Lipinski definition) is 1. The highest BCUT2D eigenvalue weighted by Crippen LogP contribution is 2.21. The molecule has 6 heteroatoms. The van der Waals surface area contributed by atoms with Gasteiger partial charge in [0.2, 0.25) is 5.76 Å². The van der Waals surface area contributed by atoms with E-state index in [2.05, 4.69) is 15.3 Å². The molecule has 0 atom stereocenters.